The molecule has 0 saturated heterocycles. The first-order valence-corrected chi connectivity index (χ1v) is 6.53. The molecule has 110 valence electrons. The Morgan fingerprint density at radius 1 is 1.33 bits per heavy atom. The molecule has 0 fully saturated rings. The standard InChI is InChI=1S/C15H17N3O3/c1-11-5-6-16-9-13(11)10-17-8-12-3-4-15(21-2)14(7-12)18(19)20/h3-7,9,17H,8,10H2,1-2H3. The van der Waals surface area contributed by atoms with Gasteiger partial charge in [-0.15, -0.1) is 0 Å². The maximum Gasteiger partial charge on any atom is 0.311 e. The van der Waals surface area contributed by atoms with Gasteiger partial charge in [-0.3, -0.25) is 15.1 Å². The summed E-state index contributed by atoms with van der Waals surface area (Å²) in [5.41, 5.74) is 3.09. The van der Waals surface area contributed by atoms with Crippen LogP contribution in [-0.2, 0) is 13.1 Å². The van der Waals surface area contributed by atoms with Crippen molar-refractivity contribution in [3.8, 4) is 5.75 Å². The van der Waals surface area contributed by atoms with Gasteiger partial charge in [0.2, 0.25) is 0 Å². The first-order valence-electron chi connectivity index (χ1n) is 6.53. The predicted octanol–water partition coefficient (Wildman–Crippen LogP) is 2.60. The summed E-state index contributed by atoms with van der Waals surface area (Å²) in [4.78, 5) is 14.6. The minimum atomic E-state index is -0.437. The Morgan fingerprint density at radius 2 is 2.14 bits per heavy atom. The quantitative estimate of drug-likeness (QED) is 0.652. The van der Waals surface area contributed by atoms with Crippen LogP contribution in [-0.4, -0.2) is 17.0 Å². The van der Waals surface area contributed by atoms with E-state index >= 15 is 0 Å². The van der Waals surface area contributed by atoms with Crippen molar-refractivity contribution < 1.29 is 9.66 Å². The number of ether oxygens (including phenoxy) is 1. The minimum absolute atomic E-state index is 0.0191. The zero-order chi connectivity index (χ0) is 15.2. The predicted molar refractivity (Wildman–Crippen MR) is 79.2 cm³/mol. The first-order chi connectivity index (χ1) is 10.1. The second kappa shape index (κ2) is 6.81. The van der Waals surface area contributed by atoms with Crippen LogP contribution in [0.2, 0.25) is 0 Å². The van der Waals surface area contributed by atoms with Crippen LogP contribution in [0.4, 0.5) is 5.69 Å². The number of nitrogens with one attached hydrogen (secondary N) is 1. The molecule has 0 spiro atoms. The SMILES string of the molecule is COc1ccc(CNCc2cnccc2C)cc1[N+](=O)[O-]. The number of hydrogen-bond acceptors (Lipinski definition) is 5. The summed E-state index contributed by atoms with van der Waals surface area (Å²) in [7, 11) is 1.42. The van der Waals surface area contributed by atoms with Crippen LogP contribution < -0.4 is 10.1 Å². The molecule has 1 heterocycles. The molecule has 1 aromatic carbocycles. The fourth-order valence-corrected chi connectivity index (χ4v) is 2.01. The smallest absolute Gasteiger partial charge is 0.311 e. The monoisotopic (exact) mass is 287 g/mol. The van der Waals surface area contributed by atoms with E-state index in [1.165, 1.54) is 18.7 Å². The van der Waals surface area contributed by atoms with Crippen molar-refractivity contribution in [3.63, 3.8) is 0 Å². The average molecular weight is 287 g/mol. The highest BCUT2D eigenvalue weighted by molar-refractivity contribution is 5.48. The van der Waals surface area contributed by atoms with E-state index in [2.05, 4.69) is 10.3 Å². The first kappa shape index (κ1) is 14.9. The molecule has 1 aromatic heterocycles. The van der Waals surface area contributed by atoms with Crippen LogP contribution in [0.15, 0.2) is 36.7 Å². The maximum atomic E-state index is 11.0. The number of pyridine rings is 1. The largest absolute Gasteiger partial charge is 0.490 e. The molecule has 6 heteroatoms. The number of methoxy groups -OCH3 is 1. The number of hydrogen-bond donors (Lipinski definition) is 1. The van der Waals surface area contributed by atoms with Crippen LogP contribution in [0.25, 0.3) is 0 Å². The molecule has 21 heavy (non-hydrogen) atoms. The summed E-state index contributed by atoms with van der Waals surface area (Å²) in [6.07, 6.45) is 3.57. The van der Waals surface area contributed by atoms with Crippen LogP contribution >= 0.6 is 0 Å². The second-order valence-corrected chi connectivity index (χ2v) is 4.67. The number of nitrogens with zero attached hydrogens (tertiary/aromatic N) is 2. The molecule has 0 radical (unpaired) electrons. The molecule has 2 aromatic rings. The van der Waals surface area contributed by atoms with E-state index in [1.807, 2.05) is 25.3 Å². The number of aryl methyl sites for hydroxylation is 1. The van der Waals surface area contributed by atoms with Crippen molar-refractivity contribution in [2.75, 3.05) is 7.11 Å². The fourth-order valence-electron chi connectivity index (χ4n) is 2.01. The molecule has 0 aliphatic carbocycles. The van der Waals surface area contributed by atoms with Crippen LogP contribution in [0.5, 0.6) is 5.75 Å². The molecule has 0 amide bonds. The number of rotatable bonds is 6. The van der Waals surface area contributed by atoms with Crippen LogP contribution in [0, 0.1) is 17.0 Å². The molecule has 0 bridgehead atoms. The van der Waals surface area contributed by atoms with Crippen molar-refractivity contribution in [1.29, 1.82) is 0 Å². The summed E-state index contributed by atoms with van der Waals surface area (Å²) < 4.78 is 4.98. The molecule has 2 rings (SSSR count). The van der Waals surface area contributed by atoms with Gasteiger partial charge in [-0.25, -0.2) is 0 Å². The van der Waals surface area contributed by atoms with Gasteiger partial charge in [0.15, 0.2) is 5.75 Å². The third-order valence-electron chi connectivity index (χ3n) is 3.23. The Balaban J connectivity index is 2.02. The van der Waals surface area contributed by atoms with Gasteiger partial charge in [0.25, 0.3) is 0 Å². The Morgan fingerprint density at radius 3 is 2.81 bits per heavy atom. The van der Waals surface area contributed by atoms with Crippen molar-refractivity contribution in [2.45, 2.75) is 20.0 Å². The summed E-state index contributed by atoms with van der Waals surface area (Å²) in [6, 6.07) is 6.91. The molecular weight excluding hydrogens is 270 g/mol. The molecule has 1 N–H and O–H groups in total. The van der Waals surface area contributed by atoms with Crippen molar-refractivity contribution in [1.82, 2.24) is 10.3 Å². The lowest BCUT2D eigenvalue weighted by Crippen LogP contribution is -2.13. The van der Waals surface area contributed by atoms with Crippen LogP contribution in [0.3, 0.4) is 0 Å². The highest BCUT2D eigenvalue weighted by Crippen LogP contribution is 2.27. The molecule has 0 saturated carbocycles. The zero-order valence-electron chi connectivity index (χ0n) is 12.0. The highest BCUT2D eigenvalue weighted by atomic mass is 16.6. The van der Waals surface area contributed by atoms with E-state index in [0.717, 1.165) is 11.1 Å². The fraction of sp³-hybridized carbons (Fsp3) is 0.267. The van der Waals surface area contributed by atoms with E-state index in [-0.39, 0.29) is 11.4 Å². The van der Waals surface area contributed by atoms with E-state index < -0.39 is 4.92 Å². The Kier molecular flexibility index (Phi) is 4.84. The zero-order valence-corrected chi connectivity index (χ0v) is 12.0. The van der Waals surface area contributed by atoms with Crippen molar-refractivity contribution in [2.24, 2.45) is 0 Å². The topological polar surface area (TPSA) is 77.3 Å². The van der Waals surface area contributed by atoms with Gasteiger partial charge in [-0.1, -0.05) is 6.07 Å². The van der Waals surface area contributed by atoms with Gasteiger partial charge in [0.05, 0.1) is 12.0 Å². The van der Waals surface area contributed by atoms with Crippen molar-refractivity contribution >= 4 is 5.69 Å². The van der Waals surface area contributed by atoms with Gasteiger partial charge < -0.3 is 10.1 Å². The van der Waals surface area contributed by atoms with E-state index in [4.69, 9.17) is 4.74 Å². The van der Waals surface area contributed by atoms with E-state index in [9.17, 15) is 10.1 Å². The molecule has 0 aliphatic rings. The summed E-state index contributed by atoms with van der Waals surface area (Å²) >= 11 is 0. The number of benzene rings is 1. The molecular formula is C15H17N3O3. The Bertz CT molecular complexity index is 644. The number of aromatic nitrogens is 1. The average Bonchev–Trinajstić information content (AvgIpc) is 2.49. The van der Waals surface area contributed by atoms with Gasteiger partial charge in [-0.2, -0.15) is 0 Å². The van der Waals surface area contributed by atoms with E-state index in [0.29, 0.717) is 13.1 Å². The Hall–Kier alpha value is -2.47. The maximum absolute atomic E-state index is 11.0. The molecule has 0 atom stereocenters. The van der Waals surface area contributed by atoms with Gasteiger partial charge in [0, 0.05) is 31.5 Å². The third kappa shape index (κ3) is 3.76. The summed E-state index contributed by atoms with van der Waals surface area (Å²) in [5.74, 6) is 0.270. The number of nitro groups is 1. The molecule has 0 unspecified atom stereocenters. The Labute approximate surface area is 122 Å². The lowest BCUT2D eigenvalue weighted by molar-refractivity contribution is -0.385. The normalized spacial score (nSPS) is 10.4. The highest BCUT2D eigenvalue weighted by Gasteiger charge is 2.14. The molecule has 0 aliphatic heterocycles. The minimum Gasteiger partial charge on any atom is -0.490 e. The summed E-state index contributed by atoms with van der Waals surface area (Å²) in [5, 5.41) is 14.2. The lowest BCUT2D eigenvalue weighted by atomic mass is 10.1. The van der Waals surface area contributed by atoms with E-state index in [1.54, 1.807) is 12.3 Å². The number of nitro benzene ring substituents is 1. The van der Waals surface area contributed by atoms with Gasteiger partial charge in [-0.05, 0) is 35.7 Å². The molecule has 6 nitrogen and oxygen atoms in total. The third-order valence-corrected chi connectivity index (χ3v) is 3.23. The van der Waals surface area contributed by atoms with Gasteiger partial charge >= 0.3 is 5.69 Å². The van der Waals surface area contributed by atoms with Gasteiger partial charge in [0.1, 0.15) is 0 Å². The van der Waals surface area contributed by atoms with Crippen LogP contribution in [0.1, 0.15) is 16.7 Å². The second-order valence-electron chi connectivity index (χ2n) is 4.67. The summed E-state index contributed by atoms with van der Waals surface area (Å²) in [6.45, 7) is 3.23. The van der Waals surface area contributed by atoms with Crippen molar-refractivity contribution in [3.05, 3.63) is 63.5 Å². The lowest BCUT2D eigenvalue weighted by Gasteiger charge is -2.08.